The van der Waals surface area contributed by atoms with E-state index in [0.717, 1.165) is 25.9 Å². The molecule has 0 amide bonds. The van der Waals surface area contributed by atoms with Crippen LogP contribution in [0, 0.1) is 13.8 Å². The average molecular weight is 276 g/mol. The molecule has 112 valence electrons. The van der Waals surface area contributed by atoms with Crippen molar-refractivity contribution in [1.29, 1.82) is 0 Å². The highest BCUT2D eigenvalue weighted by Gasteiger charge is 2.16. The number of benzene rings is 1. The van der Waals surface area contributed by atoms with Gasteiger partial charge >= 0.3 is 0 Å². The largest absolute Gasteiger partial charge is 0.378 e. The number of aryl methyl sites for hydroxylation is 2. The number of hydrogen-bond acceptors (Lipinski definition) is 3. The Morgan fingerprint density at radius 2 is 2.15 bits per heavy atom. The Morgan fingerprint density at radius 3 is 2.80 bits per heavy atom. The lowest BCUT2D eigenvalue weighted by atomic mass is 9.96. The molecule has 1 aromatic carbocycles. The topological polar surface area (TPSA) is 47.3 Å². The third kappa shape index (κ3) is 4.58. The molecule has 2 unspecified atom stereocenters. The summed E-state index contributed by atoms with van der Waals surface area (Å²) in [4.78, 5) is 0. The van der Waals surface area contributed by atoms with E-state index in [1.807, 2.05) is 0 Å². The lowest BCUT2D eigenvalue weighted by Crippen LogP contribution is -2.37. The van der Waals surface area contributed by atoms with Gasteiger partial charge in [0.25, 0.3) is 0 Å². The van der Waals surface area contributed by atoms with E-state index in [1.165, 1.54) is 36.0 Å². The number of rotatable bonds is 6. The summed E-state index contributed by atoms with van der Waals surface area (Å²) in [5.41, 5.74) is 7.03. The van der Waals surface area contributed by atoms with Crippen molar-refractivity contribution < 1.29 is 4.74 Å². The SMILES string of the molecule is Cc1ccc(CC(CCC2CCCCO2)NN)cc1C. The maximum atomic E-state index is 5.79. The lowest BCUT2D eigenvalue weighted by Gasteiger charge is -2.24. The maximum absolute atomic E-state index is 5.79. The van der Waals surface area contributed by atoms with Crippen LogP contribution in [0.15, 0.2) is 18.2 Å². The highest BCUT2D eigenvalue weighted by molar-refractivity contribution is 5.30. The quantitative estimate of drug-likeness (QED) is 0.620. The van der Waals surface area contributed by atoms with Crippen LogP contribution in [0.3, 0.4) is 0 Å². The van der Waals surface area contributed by atoms with Gasteiger partial charge in [0.2, 0.25) is 0 Å². The third-order valence-corrected chi connectivity index (χ3v) is 4.40. The molecule has 0 aliphatic carbocycles. The van der Waals surface area contributed by atoms with E-state index in [2.05, 4.69) is 37.5 Å². The Balaban J connectivity index is 1.83. The van der Waals surface area contributed by atoms with Gasteiger partial charge in [-0.25, -0.2) is 0 Å². The molecule has 0 bridgehead atoms. The second kappa shape index (κ2) is 7.77. The van der Waals surface area contributed by atoms with Gasteiger partial charge in [-0.2, -0.15) is 0 Å². The van der Waals surface area contributed by atoms with Crippen molar-refractivity contribution in [2.75, 3.05) is 6.61 Å². The second-order valence-corrected chi connectivity index (χ2v) is 6.05. The monoisotopic (exact) mass is 276 g/mol. The van der Waals surface area contributed by atoms with E-state index >= 15 is 0 Å². The fourth-order valence-electron chi connectivity index (χ4n) is 2.88. The van der Waals surface area contributed by atoms with Crippen molar-refractivity contribution in [3.8, 4) is 0 Å². The van der Waals surface area contributed by atoms with Crippen molar-refractivity contribution in [3.63, 3.8) is 0 Å². The van der Waals surface area contributed by atoms with Crippen molar-refractivity contribution in [2.45, 2.75) is 64.5 Å². The zero-order valence-electron chi connectivity index (χ0n) is 12.8. The normalized spacial score (nSPS) is 20.9. The van der Waals surface area contributed by atoms with Gasteiger partial charge in [0.15, 0.2) is 0 Å². The number of nitrogens with one attached hydrogen (secondary N) is 1. The van der Waals surface area contributed by atoms with Crippen LogP contribution in [-0.2, 0) is 11.2 Å². The summed E-state index contributed by atoms with van der Waals surface area (Å²) in [6.45, 7) is 5.25. The van der Waals surface area contributed by atoms with Crippen molar-refractivity contribution in [3.05, 3.63) is 34.9 Å². The van der Waals surface area contributed by atoms with Crippen LogP contribution in [-0.4, -0.2) is 18.8 Å². The van der Waals surface area contributed by atoms with Gasteiger partial charge < -0.3 is 4.74 Å². The van der Waals surface area contributed by atoms with E-state index in [-0.39, 0.29) is 0 Å². The minimum Gasteiger partial charge on any atom is -0.378 e. The standard InChI is InChI=1S/C17H28N2O/c1-13-6-7-15(11-14(13)2)12-16(19-18)8-9-17-5-3-4-10-20-17/h6-7,11,16-17,19H,3-5,8-10,12,18H2,1-2H3. The zero-order chi connectivity index (χ0) is 14.4. The molecule has 20 heavy (non-hydrogen) atoms. The number of nitrogens with two attached hydrogens (primary N) is 1. The van der Waals surface area contributed by atoms with Crippen molar-refractivity contribution in [1.82, 2.24) is 5.43 Å². The van der Waals surface area contributed by atoms with Gasteiger partial charge in [0, 0.05) is 12.6 Å². The van der Waals surface area contributed by atoms with Gasteiger partial charge in [-0.3, -0.25) is 11.3 Å². The first kappa shape index (κ1) is 15.5. The first-order valence-electron chi connectivity index (χ1n) is 7.83. The Labute approximate surface area is 122 Å². The fourth-order valence-corrected chi connectivity index (χ4v) is 2.88. The third-order valence-electron chi connectivity index (χ3n) is 4.40. The summed E-state index contributed by atoms with van der Waals surface area (Å²) in [5, 5.41) is 0. The van der Waals surface area contributed by atoms with Gasteiger partial charge in [0.05, 0.1) is 6.10 Å². The second-order valence-electron chi connectivity index (χ2n) is 6.05. The molecule has 3 nitrogen and oxygen atoms in total. The molecule has 1 saturated heterocycles. The van der Waals surface area contributed by atoms with Gasteiger partial charge in [-0.15, -0.1) is 0 Å². The van der Waals surface area contributed by atoms with Crippen LogP contribution < -0.4 is 11.3 Å². The number of ether oxygens (including phenoxy) is 1. The molecule has 1 heterocycles. The molecule has 0 aromatic heterocycles. The molecule has 3 heteroatoms. The van der Waals surface area contributed by atoms with Crippen LogP contribution in [0.25, 0.3) is 0 Å². The van der Waals surface area contributed by atoms with Crippen molar-refractivity contribution in [2.24, 2.45) is 5.84 Å². The molecule has 0 spiro atoms. The summed E-state index contributed by atoms with van der Waals surface area (Å²) in [6.07, 6.45) is 7.36. The zero-order valence-corrected chi connectivity index (χ0v) is 12.8. The van der Waals surface area contributed by atoms with Gasteiger partial charge in [0.1, 0.15) is 0 Å². The summed E-state index contributed by atoms with van der Waals surface area (Å²) < 4.78 is 5.79. The molecule has 0 radical (unpaired) electrons. The maximum Gasteiger partial charge on any atom is 0.0575 e. The summed E-state index contributed by atoms with van der Waals surface area (Å²) in [6, 6.07) is 7.02. The molecule has 3 N–H and O–H groups in total. The first-order valence-corrected chi connectivity index (χ1v) is 7.83. The van der Waals surface area contributed by atoms with Crippen LogP contribution in [0.4, 0.5) is 0 Å². The minimum absolute atomic E-state index is 0.336. The van der Waals surface area contributed by atoms with Gasteiger partial charge in [-0.05, 0) is 69.1 Å². The lowest BCUT2D eigenvalue weighted by molar-refractivity contribution is 0.00858. The Kier molecular flexibility index (Phi) is 6.02. The first-order chi connectivity index (χ1) is 9.69. The molecule has 1 aliphatic rings. The molecule has 0 saturated carbocycles. The van der Waals surface area contributed by atoms with E-state index < -0.39 is 0 Å². The predicted molar refractivity (Wildman–Crippen MR) is 83.6 cm³/mol. The Morgan fingerprint density at radius 1 is 1.30 bits per heavy atom. The summed E-state index contributed by atoms with van der Waals surface area (Å²) in [7, 11) is 0. The Bertz CT molecular complexity index is 413. The molecule has 1 fully saturated rings. The average Bonchev–Trinajstić information content (AvgIpc) is 2.48. The summed E-state index contributed by atoms with van der Waals surface area (Å²) in [5.74, 6) is 5.71. The summed E-state index contributed by atoms with van der Waals surface area (Å²) >= 11 is 0. The number of hydrazine groups is 1. The smallest absolute Gasteiger partial charge is 0.0575 e. The van der Waals surface area contributed by atoms with Crippen LogP contribution in [0.1, 0.15) is 48.8 Å². The van der Waals surface area contributed by atoms with Gasteiger partial charge in [-0.1, -0.05) is 18.2 Å². The molecule has 1 aliphatic heterocycles. The highest BCUT2D eigenvalue weighted by Crippen LogP contribution is 2.19. The molecular weight excluding hydrogens is 248 g/mol. The number of hydrogen-bond donors (Lipinski definition) is 2. The fraction of sp³-hybridized carbons (Fsp3) is 0.647. The Hall–Kier alpha value is -0.900. The predicted octanol–water partition coefficient (Wildman–Crippen LogP) is 3.03. The van der Waals surface area contributed by atoms with Crippen LogP contribution in [0.2, 0.25) is 0 Å². The minimum atomic E-state index is 0.336. The molecule has 2 rings (SSSR count). The van der Waals surface area contributed by atoms with Crippen LogP contribution >= 0.6 is 0 Å². The molecule has 2 atom stereocenters. The van der Waals surface area contributed by atoms with E-state index in [0.29, 0.717) is 12.1 Å². The van der Waals surface area contributed by atoms with Crippen LogP contribution in [0.5, 0.6) is 0 Å². The van der Waals surface area contributed by atoms with E-state index in [1.54, 1.807) is 0 Å². The van der Waals surface area contributed by atoms with E-state index in [4.69, 9.17) is 10.6 Å². The highest BCUT2D eigenvalue weighted by atomic mass is 16.5. The molecule has 1 aromatic rings. The molecular formula is C17H28N2O. The van der Waals surface area contributed by atoms with E-state index in [9.17, 15) is 0 Å². The van der Waals surface area contributed by atoms with Crippen molar-refractivity contribution >= 4 is 0 Å².